The van der Waals surface area contributed by atoms with E-state index in [4.69, 9.17) is 0 Å². The molecule has 3 N–H and O–H groups in total. The SMILES string of the molecule is O=C(Nc1cc(NC(=O)c2cccc3c(S(=O)(=O)O)cccc23)ccc1-c1ccccc1)c1ccc([N+](=O)[O-])cc1. The fourth-order valence-electron chi connectivity index (χ4n) is 4.43. The van der Waals surface area contributed by atoms with E-state index in [-0.39, 0.29) is 27.1 Å². The summed E-state index contributed by atoms with van der Waals surface area (Å²) in [5.74, 6) is -1.05. The molecule has 0 fully saturated rings. The summed E-state index contributed by atoms with van der Waals surface area (Å²) >= 11 is 0. The van der Waals surface area contributed by atoms with Crippen molar-refractivity contribution in [3.05, 3.63) is 130 Å². The number of benzene rings is 5. The Morgan fingerprint density at radius 1 is 0.732 bits per heavy atom. The van der Waals surface area contributed by atoms with Gasteiger partial charge < -0.3 is 10.6 Å². The van der Waals surface area contributed by atoms with Crippen LogP contribution in [0.15, 0.2) is 114 Å². The summed E-state index contributed by atoms with van der Waals surface area (Å²) in [7, 11) is -4.51. The number of anilines is 2. The van der Waals surface area contributed by atoms with Crippen LogP contribution in [0.25, 0.3) is 21.9 Å². The van der Waals surface area contributed by atoms with E-state index in [2.05, 4.69) is 10.6 Å². The summed E-state index contributed by atoms with van der Waals surface area (Å²) < 4.78 is 33.3. The zero-order valence-corrected chi connectivity index (χ0v) is 22.0. The second kappa shape index (κ2) is 11.0. The number of non-ortho nitro benzene ring substituents is 1. The smallest absolute Gasteiger partial charge is 0.295 e. The van der Waals surface area contributed by atoms with E-state index in [1.165, 1.54) is 54.6 Å². The molecule has 0 aliphatic heterocycles. The molecule has 0 aliphatic rings. The van der Waals surface area contributed by atoms with Crippen LogP contribution >= 0.6 is 0 Å². The Morgan fingerprint density at radius 3 is 2.10 bits per heavy atom. The Labute approximate surface area is 234 Å². The Hall–Kier alpha value is -5.39. The van der Waals surface area contributed by atoms with Crippen molar-refractivity contribution in [3.63, 3.8) is 0 Å². The van der Waals surface area contributed by atoms with Crippen molar-refractivity contribution in [1.82, 2.24) is 0 Å². The molecule has 5 aromatic rings. The highest BCUT2D eigenvalue weighted by atomic mass is 32.2. The van der Waals surface area contributed by atoms with E-state index in [9.17, 15) is 32.7 Å². The number of amides is 2. The van der Waals surface area contributed by atoms with Crippen LogP contribution in [0.5, 0.6) is 0 Å². The highest BCUT2D eigenvalue weighted by Gasteiger charge is 2.19. The predicted octanol–water partition coefficient (Wildman–Crippen LogP) is 6.17. The largest absolute Gasteiger partial charge is 0.322 e. The Bertz CT molecular complexity index is 1920. The number of fused-ring (bicyclic) bond motifs is 1. The number of carbonyl (C=O) groups is 2. The van der Waals surface area contributed by atoms with E-state index in [0.717, 1.165) is 5.56 Å². The minimum atomic E-state index is -4.51. The van der Waals surface area contributed by atoms with Gasteiger partial charge in [0.25, 0.3) is 27.6 Å². The molecule has 5 rings (SSSR count). The Morgan fingerprint density at radius 2 is 1.41 bits per heavy atom. The maximum absolute atomic E-state index is 13.3. The normalized spacial score (nSPS) is 11.1. The Balaban J connectivity index is 1.49. The third kappa shape index (κ3) is 5.81. The van der Waals surface area contributed by atoms with Gasteiger partial charge in [0.1, 0.15) is 4.90 Å². The number of carbonyl (C=O) groups excluding carboxylic acids is 2. The number of nitrogens with one attached hydrogen (secondary N) is 2. The maximum Gasteiger partial charge on any atom is 0.295 e. The number of nitro benzene ring substituents is 1. The average Bonchev–Trinajstić information content (AvgIpc) is 2.96. The minimum absolute atomic E-state index is 0.145. The lowest BCUT2D eigenvalue weighted by Gasteiger charge is -2.15. The third-order valence-electron chi connectivity index (χ3n) is 6.36. The summed E-state index contributed by atoms with van der Waals surface area (Å²) in [6.07, 6.45) is 0. The summed E-state index contributed by atoms with van der Waals surface area (Å²) in [5.41, 5.74) is 2.43. The molecule has 0 saturated heterocycles. The molecular weight excluding hydrogens is 546 g/mol. The highest BCUT2D eigenvalue weighted by molar-refractivity contribution is 7.86. The second-order valence-electron chi connectivity index (χ2n) is 8.97. The standard InChI is InChI=1S/C30H21N3O7S/c34-29(20-12-15-22(16-13-20)33(36)37)32-27-18-21(14-17-23(27)19-6-2-1-3-7-19)31-30(35)26-10-4-9-25-24(26)8-5-11-28(25)41(38,39)40/h1-18H,(H,31,35)(H,32,34)(H,38,39,40). The first kappa shape index (κ1) is 27.2. The van der Waals surface area contributed by atoms with Gasteiger partial charge in [-0.3, -0.25) is 24.3 Å². The summed E-state index contributed by atoms with van der Waals surface area (Å²) in [6, 6.07) is 28.2. The molecule has 0 radical (unpaired) electrons. The number of rotatable bonds is 7. The molecule has 2 amide bonds. The third-order valence-corrected chi connectivity index (χ3v) is 7.27. The van der Waals surface area contributed by atoms with Crippen LogP contribution in [0.4, 0.5) is 17.1 Å². The summed E-state index contributed by atoms with van der Waals surface area (Å²) in [4.78, 5) is 36.5. The van der Waals surface area contributed by atoms with E-state index >= 15 is 0 Å². The lowest BCUT2D eigenvalue weighted by molar-refractivity contribution is -0.384. The molecule has 5 aromatic carbocycles. The fourth-order valence-corrected chi connectivity index (χ4v) is 5.13. The Kier molecular flexibility index (Phi) is 7.30. The van der Waals surface area contributed by atoms with E-state index in [1.54, 1.807) is 24.3 Å². The first-order valence-electron chi connectivity index (χ1n) is 12.2. The van der Waals surface area contributed by atoms with Gasteiger partial charge in [0.15, 0.2) is 0 Å². The van der Waals surface area contributed by atoms with Gasteiger partial charge in [0.2, 0.25) is 0 Å². The molecule has 0 aliphatic carbocycles. The molecule has 0 bridgehead atoms. The van der Waals surface area contributed by atoms with Crippen molar-refractivity contribution in [1.29, 1.82) is 0 Å². The molecule has 0 unspecified atom stereocenters. The second-order valence-corrected chi connectivity index (χ2v) is 10.4. The summed E-state index contributed by atoms with van der Waals surface area (Å²) in [5, 5.41) is 17.1. The number of hydrogen-bond donors (Lipinski definition) is 3. The van der Waals surface area contributed by atoms with Crippen molar-refractivity contribution >= 4 is 49.8 Å². The number of hydrogen-bond acceptors (Lipinski definition) is 6. The van der Waals surface area contributed by atoms with Gasteiger partial charge in [-0.1, -0.05) is 60.7 Å². The molecule has 10 nitrogen and oxygen atoms in total. The van der Waals surface area contributed by atoms with Crippen molar-refractivity contribution in [2.45, 2.75) is 4.90 Å². The van der Waals surface area contributed by atoms with Crippen LogP contribution in [-0.2, 0) is 10.1 Å². The zero-order valence-electron chi connectivity index (χ0n) is 21.1. The molecule has 11 heteroatoms. The molecule has 0 saturated carbocycles. The van der Waals surface area contributed by atoms with Crippen molar-refractivity contribution in [3.8, 4) is 11.1 Å². The van der Waals surface area contributed by atoms with Crippen LogP contribution in [0.1, 0.15) is 20.7 Å². The van der Waals surface area contributed by atoms with Crippen molar-refractivity contribution in [2.24, 2.45) is 0 Å². The first-order valence-corrected chi connectivity index (χ1v) is 13.6. The van der Waals surface area contributed by atoms with Gasteiger partial charge in [-0.05, 0) is 47.3 Å². The molecule has 204 valence electrons. The van der Waals surface area contributed by atoms with Crippen molar-refractivity contribution < 1.29 is 27.5 Å². The zero-order chi connectivity index (χ0) is 29.1. The number of nitro groups is 1. The van der Waals surface area contributed by atoms with Crippen LogP contribution in [0, 0.1) is 10.1 Å². The monoisotopic (exact) mass is 567 g/mol. The molecule has 0 atom stereocenters. The predicted molar refractivity (Wildman–Crippen MR) is 155 cm³/mol. The topological polar surface area (TPSA) is 156 Å². The van der Waals surface area contributed by atoms with Crippen LogP contribution in [0.2, 0.25) is 0 Å². The van der Waals surface area contributed by atoms with Gasteiger partial charge in [-0.25, -0.2) is 0 Å². The average molecular weight is 568 g/mol. The van der Waals surface area contributed by atoms with E-state index in [0.29, 0.717) is 22.3 Å². The molecule has 0 heterocycles. The van der Waals surface area contributed by atoms with Gasteiger partial charge in [-0.2, -0.15) is 8.42 Å². The lowest BCUT2D eigenvalue weighted by atomic mass is 10.0. The van der Waals surface area contributed by atoms with Gasteiger partial charge in [-0.15, -0.1) is 0 Å². The van der Waals surface area contributed by atoms with Gasteiger partial charge >= 0.3 is 0 Å². The first-order chi connectivity index (χ1) is 19.6. The minimum Gasteiger partial charge on any atom is -0.322 e. The molecule has 0 spiro atoms. The van der Waals surface area contributed by atoms with E-state index < -0.39 is 26.9 Å². The highest BCUT2D eigenvalue weighted by Crippen LogP contribution is 2.32. The maximum atomic E-state index is 13.3. The molecule has 41 heavy (non-hydrogen) atoms. The van der Waals surface area contributed by atoms with Crippen LogP contribution in [0.3, 0.4) is 0 Å². The lowest BCUT2D eigenvalue weighted by Crippen LogP contribution is -2.15. The van der Waals surface area contributed by atoms with Gasteiger partial charge in [0.05, 0.1) is 10.6 Å². The van der Waals surface area contributed by atoms with Crippen molar-refractivity contribution in [2.75, 3.05) is 10.6 Å². The summed E-state index contributed by atoms with van der Waals surface area (Å²) in [6.45, 7) is 0. The molecule has 0 aromatic heterocycles. The molecular formula is C30H21N3O7S. The van der Waals surface area contributed by atoms with Crippen LogP contribution in [-0.4, -0.2) is 29.7 Å². The van der Waals surface area contributed by atoms with Crippen LogP contribution < -0.4 is 10.6 Å². The van der Waals surface area contributed by atoms with E-state index in [1.807, 2.05) is 30.3 Å². The van der Waals surface area contributed by atoms with Gasteiger partial charge in [0, 0.05) is 39.9 Å². The fraction of sp³-hybridized carbons (Fsp3) is 0. The quantitative estimate of drug-likeness (QED) is 0.121. The number of nitrogens with zero attached hydrogens (tertiary/aromatic N) is 1.